The van der Waals surface area contributed by atoms with Gasteiger partial charge in [-0.2, -0.15) is 0 Å². The summed E-state index contributed by atoms with van der Waals surface area (Å²) in [6, 6.07) is 7.44. The number of aliphatic carboxylic acids is 1. The van der Waals surface area contributed by atoms with Crippen LogP contribution >= 0.6 is 0 Å². The van der Waals surface area contributed by atoms with Gasteiger partial charge in [0.2, 0.25) is 29.5 Å². The molecule has 2 aliphatic rings. The summed E-state index contributed by atoms with van der Waals surface area (Å²) in [5, 5.41) is 12.9. The standard InChI is InChI=1S/C51H80N4O11/c1-12-33(6)47(42(65-10)30-45(60)54-25-19-22-39(54)48(66-11)35(8)40(56)28-37(51(63)64)27-36-20-15-13-16-21-36)53(9)50(62)38(31(2)3)29-41(57)46(32(4)5)52-43(58)23-17-14-18-24-55-44(59)26-34(7)49(55)61/h13,15-16,20-21,31-35,37-39,42,46-48H,12,14,17-19,22-30H2,1-11H3,(H,52,58)(H,63,64)/t33-,34?,35-,37+,38-,39-,42+,46-,47-,48+/m0/s1. The maximum atomic E-state index is 14.6. The van der Waals surface area contributed by atoms with E-state index in [0.29, 0.717) is 51.6 Å². The number of rotatable bonds is 29. The molecule has 1 unspecified atom stereocenters. The molecule has 10 atom stereocenters. The van der Waals surface area contributed by atoms with Crippen molar-refractivity contribution in [3.8, 4) is 0 Å². The molecule has 2 saturated heterocycles. The van der Waals surface area contributed by atoms with Gasteiger partial charge in [-0.05, 0) is 55.4 Å². The minimum atomic E-state index is -1.05. The van der Waals surface area contributed by atoms with Gasteiger partial charge in [0, 0.05) is 77.8 Å². The predicted molar refractivity (Wildman–Crippen MR) is 251 cm³/mol. The molecule has 1 aromatic carbocycles. The molecule has 2 N–H and O–H groups in total. The second-order valence-corrected chi connectivity index (χ2v) is 19.6. The van der Waals surface area contributed by atoms with Crippen molar-refractivity contribution in [3.63, 3.8) is 0 Å². The highest BCUT2D eigenvalue weighted by atomic mass is 16.5. The molecule has 0 radical (unpaired) electrons. The first-order valence-electron chi connectivity index (χ1n) is 24.3. The third kappa shape index (κ3) is 15.3. The lowest BCUT2D eigenvalue weighted by molar-refractivity contribution is -0.149. The van der Waals surface area contributed by atoms with Crippen molar-refractivity contribution in [1.29, 1.82) is 0 Å². The van der Waals surface area contributed by atoms with Crippen LogP contribution in [0, 0.1) is 41.4 Å². The highest BCUT2D eigenvalue weighted by Gasteiger charge is 2.44. The van der Waals surface area contributed by atoms with Crippen LogP contribution in [-0.4, -0.2) is 132 Å². The Bertz CT molecular complexity index is 1800. The Morgan fingerprint density at radius 3 is 2.09 bits per heavy atom. The topological polar surface area (TPSA) is 197 Å². The second kappa shape index (κ2) is 26.7. The number of imide groups is 1. The number of ether oxygens (including phenoxy) is 2. The number of hydrogen-bond acceptors (Lipinski definition) is 10. The average Bonchev–Trinajstić information content (AvgIpc) is 3.86. The highest BCUT2D eigenvalue weighted by molar-refractivity contribution is 6.03. The normalized spacial score (nSPS) is 20.1. The Morgan fingerprint density at radius 1 is 0.879 bits per heavy atom. The lowest BCUT2D eigenvalue weighted by atomic mass is 9.83. The zero-order chi connectivity index (χ0) is 49.4. The molecule has 2 fully saturated rings. The van der Waals surface area contributed by atoms with Crippen LogP contribution in [0.2, 0.25) is 0 Å². The molecule has 0 saturated carbocycles. The molecule has 66 heavy (non-hydrogen) atoms. The Kier molecular flexibility index (Phi) is 22.6. The number of Topliss-reactive ketones (excluding diaryl/α,β-unsaturated/α-hetero) is 2. The summed E-state index contributed by atoms with van der Waals surface area (Å²) in [5.41, 5.74) is 0.829. The Morgan fingerprint density at radius 2 is 1.55 bits per heavy atom. The number of benzene rings is 1. The lowest BCUT2D eigenvalue weighted by Gasteiger charge is -2.41. The van der Waals surface area contributed by atoms with Crippen LogP contribution in [0.25, 0.3) is 0 Å². The fraction of sp³-hybridized carbons (Fsp3) is 0.725. The second-order valence-electron chi connectivity index (χ2n) is 19.6. The van der Waals surface area contributed by atoms with E-state index in [1.807, 2.05) is 71.9 Å². The quantitative estimate of drug-likeness (QED) is 0.0692. The summed E-state index contributed by atoms with van der Waals surface area (Å²) in [6.07, 6.45) is 2.70. The fourth-order valence-electron chi connectivity index (χ4n) is 9.81. The van der Waals surface area contributed by atoms with Gasteiger partial charge in [0.05, 0.1) is 42.7 Å². The Hall–Kier alpha value is -4.50. The molecular weight excluding hydrogens is 845 g/mol. The number of carboxylic acids is 1. The predicted octanol–water partition coefficient (Wildman–Crippen LogP) is 6.14. The smallest absolute Gasteiger partial charge is 0.307 e. The van der Waals surface area contributed by atoms with E-state index in [1.165, 1.54) is 19.1 Å². The molecule has 370 valence electrons. The Labute approximate surface area is 393 Å². The van der Waals surface area contributed by atoms with Crippen molar-refractivity contribution < 1.29 is 52.9 Å². The van der Waals surface area contributed by atoms with Gasteiger partial charge in [0.15, 0.2) is 5.78 Å². The van der Waals surface area contributed by atoms with Gasteiger partial charge in [-0.3, -0.25) is 43.3 Å². The van der Waals surface area contributed by atoms with E-state index in [-0.39, 0.29) is 103 Å². The Balaban J connectivity index is 1.68. The van der Waals surface area contributed by atoms with Gasteiger partial charge in [0.1, 0.15) is 5.78 Å². The van der Waals surface area contributed by atoms with E-state index < -0.39 is 54.1 Å². The zero-order valence-corrected chi connectivity index (χ0v) is 41.6. The largest absolute Gasteiger partial charge is 0.481 e. The molecule has 2 heterocycles. The number of nitrogens with zero attached hydrogens (tertiary/aromatic N) is 3. The van der Waals surface area contributed by atoms with Crippen LogP contribution in [0.4, 0.5) is 0 Å². The lowest BCUT2D eigenvalue weighted by Crippen LogP contribution is -2.54. The number of carbonyl (C=O) groups excluding carboxylic acids is 7. The number of amides is 5. The number of methoxy groups -OCH3 is 2. The first-order chi connectivity index (χ1) is 31.2. The van der Waals surface area contributed by atoms with E-state index in [9.17, 15) is 43.5 Å². The van der Waals surface area contributed by atoms with E-state index in [4.69, 9.17) is 9.47 Å². The van der Waals surface area contributed by atoms with Crippen LogP contribution in [0.5, 0.6) is 0 Å². The van der Waals surface area contributed by atoms with Gasteiger partial charge in [0.25, 0.3) is 0 Å². The molecule has 2 aliphatic heterocycles. The van der Waals surface area contributed by atoms with Crippen LogP contribution in [-0.2, 0) is 54.3 Å². The monoisotopic (exact) mass is 925 g/mol. The summed E-state index contributed by atoms with van der Waals surface area (Å²) in [4.78, 5) is 111. The first-order valence-corrected chi connectivity index (χ1v) is 24.3. The van der Waals surface area contributed by atoms with E-state index in [0.717, 1.165) is 5.56 Å². The minimum Gasteiger partial charge on any atom is -0.481 e. The molecule has 0 bridgehead atoms. The number of carbonyl (C=O) groups is 8. The molecule has 15 heteroatoms. The van der Waals surface area contributed by atoms with Crippen molar-refractivity contribution >= 4 is 47.1 Å². The fourth-order valence-corrected chi connectivity index (χ4v) is 9.81. The molecule has 0 aliphatic carbocycles. The number of unbranched alkanes of at least 4 members (excludes halogenated alkanes) is 2. The SMILES string of the molecule is CC[C@H](C)[C@@H]([C@@H](CC(=O)N1CCC[C@H]1[C@H](OC)[C@@H](C)C(=O)C[C@@H](Cc1ccccc1)C(=O)O)OC)N(C)C(=O)[C@@H](CC(=O)[C@@H](NC(=O)CCCCCN1C(=O)CC(C)C1=O)C(C)C)C(C)C. The highest BCUT2D eigenvalue weighted by Crippen LogP contribution is 2.32. The van der Waals surface area contributed by atoms with Crippen LogP contribution in [0.15, 0.2) is 30.3 Å². The van der Waals surface area contributed by atoms with Crippen LogP contribution in [0.3, 0.4) is 0 Å². The van der Waals surface area contributed by atoms with Crippen molar-refractivity contribution in [2.24, 2.45) is 41.4 Å². The van der Waals surface area contributed by atoms with Crippen molar-refractivity contribution in [1.82, 2.24) is 20.0 Å². The average molecular weight is 925 g/mol. The van der Waals surface area contributed by atoms with Crippen LogP contribution in [0.1, 0.15) is 132 Å². The molecule has 5 amide bonds. The molecule has 3 rings (SSSR count). The van der Waals surface area contributed by atoms with Gasteiger partial charge < -0.3 is 29.7 Å². The maximum Gasteiger partial charge on any atom is 0.307 e. The third-order valence-corrected chi connectivity index (χ3v) is 14.1. The first kappa shape index (κ1) is 55.8. The number of hydrogen-bond donors (Lipinski definition) is 2. The van der Waals surface area contributed by atoms with Gasteiger partial charge in [-0.25, -0.2) is 0 Å². The number of ketones is 2. The molecule has 1 aromatic rings. The summed E-state index contributed by atoms with van der Waals surface area (Å²) < 4.78 is 12.0. The summed E-state index contributed by atoms with van der Waals surface area (Å²) in [7, 11) is 4.73. The molecule has 0 aromatic heterocycles. The summed E-state index contributed by atoms with van der Waals surface area (Å²) >= 11 is 0. The van der Waals surface area contributed by atoms with E-state index in [2.05, 4.69) is 5.32 Å². The summed E-state index contributed by atoms with van der Waals surface area (Å²) in [6.45, 7) is 15.8. The number of nitrogens with one attached hydrogen (secondary N) is 1. The molecule has 15 nitrogen and oxygen atoms in total. The van der Waals surface area contributed by atoms with Gasteiger partial charge in [-0.15, -0.1) is 0 Å². The van der Waals surface area contributed by atoms with Crippen molar-refractivity contribution in [3.05, 3.63) is 35.9 Å². The summed E-state index contributed by atoms with van der Waals surface area (Å²) in [5.74, 6) is -5.73. The van der Waals surface area contributed by atoms with Gasteiger partial charge >= 0.3 is 5.97 Å². The number of carboxylic acid groups (broad SMARTS) is 1. The number of likely N-dealkylation sites (N-methyl/N-ethyl adjacent to an activating group) is 1. The van der Waals surface area contributed by atoms with Crippen molar-refractivity contribution in [2.45, 2.75) is 163 Å². The minimum absolute atomic E-state index is 0.0446. The van der Waals surface area contributed by atoms with Crippen LogP contribution < -0.4 is 5.32 Å². The van der Waals surface area contributed by atoms with E-state index >= 15 is 0 Å². The van der Waals surface area contributed by atoms with E-state index in [1.54, 1.807) is 30.7 Å². The maximum absolute atomic E-state index is 14.6. The molecular formula is C51H80N4O11. The van der Waals surface area contributed by atoms with Gasteiger partial charge in [-0.1, -0.05) is 98.6 Å². The zero-order valence-electron chi connectivity index (χ0n) is 41.6. The molecule has 0 spiro atoms. The third-order valence-electron chi connectivity index (χ3n) is 14.1. The number of likely N-dealkylation sites (tertiary alicyclic amines) is 2. The van der Waals surface area contributed by atoms with Crippen molar-refractivity contribution in [2.75, 3.05) is 34.4 Å².